The highest BCUT2D eigenvalue weighted by Crippen LogP contribution is 2.34. The molecular formula is C17H20FN5S. The van der Waals surface area contributed by atoms with E-state index in [1.165, 1.54) is 12.4 Å². The Hall–Kier alpha value is -1.91. The second-order valence-corrected chi connectivity index (χ2v) is 7.22. The molecule has 0 saturated carbocycles. The number of aromatic nitrogens is 2. The standard InChI is InChI=1S/C17H20FN5S/c1-17(9-22-24-2)4-3-5-23(10-17)16-13-6-12(8-19)14(18)7-15(13)20-11-21-16/h6-7,11,22H,3-5,9-10H2,1-2H3. The molecular weight excluding hydrogens is 325 g/mol. The Labute approximate surface area is 145 Å². The molecule has 24 heavy (non-hydrogen) atoms. The zero-order valence-corrected chi connectivity index (χ0v) is 14.7. The Kier molecular flexibility index (Phi) is 4.88. The van der Waals surface area contributed by atoms with E-state index in [1.54, 1.807) is 18.0 Å². The molecule has 1 aliphatic rings. The minimum atomic E-state index is -0.540. The van der Waals surface area contributed by atoms with Crippen molar-refractivity contribution in [3.63, 3.8) is 0 Å². The number of nitriles is 1. The molecule has 1 N–H and O–H groups in total. The van der Waals surface area contributed by atoms with Crippen molar-refractivity contribution in [2.24, 2.45) is 5.41 Å². The molecule has 3 rings (SSSR count). The van der Waals surface area contributed by atoms with Gasteiger partial charge in [-0.2, -0.15) is 5.26 Å². The molecule has 1 fully saturated rings. The van der Waals surface area contributed by atoms with Crippen LogP contribution in [0.3, 0.4) is 0 Å². The van der Waals surface area contributed by atoms with E-state index in [4.69, 9.17) is 5.26 Å². The lowest BCUT2D eigenvalue weighted by atomic mass is 9.82. The van der Waals surface area contributed by atoms with Crippen LogP contribution in [0.5, 0.6) is 0 Å². The fraction of sp³-hybridized carbons (Fsp3) is 0.471. The van der Waals surface area contributed by atoms with Crippen molar-refractivity contribution in [1.82, 2.24) is 14.7 Å². The Bertz CT molecular complexity index is 790. The van der Waals surface area contributed by atoms with Gasteiger partial charge in [-0.05, 0) is 30.6 Å². The maximum Gasteiger partial charge on any atom is 0.143 e. The normalized spacial score (nSPS) is 21.0. The molecule has 0 aliphatic carbocycles. The molecule has 2 heterocycles. The van der Waals surface area contributed by atoms with Crippen LogP contribution >= 0.6 is 11.9 Å². The molecule has 2 aromatic rings. The van der Waals surface area contributed by atoms with Gasteiger partial charge in [0.25, 0.3) is 0 Å². The topological polar surface area (TPSA) is 64.8 Å². The summed E-state index contributed by atoms with van der Waals surface area (Å²) in [7, 11) is 0. The molecule has 0 bridgehead atoms. The van der Waals surface area contributed by atoms with Gasteiger partial charge in [0, 0.05) is 31.1 Å². The number of rotatable bonds is 4. The summed E-state index contributed by atoms with van der Waals surface area (Å²) < 4.78 is 17.2. The van der Waals surface area contributed by atoms with Crippen LogP contribution in [-0.4, -0.2) is 35.9 Å². The second-order valence-electron chi connectivity index (χ2n) is 6.52. The highest BCUT2D eigenvalue weighted by Gasteiger charge is 2.32. The molecule has 7 heteroatoms. The molecule has 1 aromatic carbocycles. The van der Waals surface area contributed by atoms with Crippen LogP contribution in [-0.2, 0) is 0 Å². The Morgan fingerprint density at radius 1 is 1.46 bits per heavy atom. The molecule has 126 valence electrons. The molecule has 0 radical (unpaired) electrons. The van der Waals surface area contributed by atoms with Crippen LogP contribution < -0.4 is 9.62 Å². The number of halogens is 1. The first-order valence-electron chi connectivity index (χ1n) is 7.91. The summed E-state index contributed by atoms with van der Waals surface area (Å²) in [4.78, 5) is 10.8. The first-order valence-corrected chi connectivity index (χ1v) is 9.14. The molecule has 1 atom stereocenters. The van der Waals surface area contributed by atoms with Crippen molar-refractivity contribution < 1.29 is 4.39 Å². The smallest absolute Gasteiger partial charge is 0.143 e. The molecule has 0 amide bonds. The maximum absolute atomic E-state index is 13.8. The summed E-state index contributed by atoms with van der Waals surface area (Å²) in [5.74, 6) is 0.244. The summed E-state index contributed by atoms with van der Waals surface area (Å²) in [5.41, 5.74) is 0.713. The SMILES string of the molecule is CSNCC1(C)CCCN(c2ncnc3cc(F)c(C#N)cc23)C1. The van der Waals surface area contributed by atoms with Crippen molar-refractivity contribution in [3.8, 4) is 6.07 Å². The van der Waals surface area contributed by atoms with E-state index in [9.17, 15) is 4.39 Å². The van der Waals surface area contributed by atoms with Crippen LogP contribution in [0.25, 0.3) is 10.9 Å². The van der Waals surface area contributed by atoms with Crippen molar-refractivity contribution >= 4 is 28.7 Å². The highest BCUT2D eigenvalue weighted by atomic mass is 32.2. The number of nitrogens with zero attached hydrogens (tertiary/aromatic N) is 4. The van der Waals surface area contributed by atoms with E-state index < -0.39 is 5.82 Å². The Balaban J connectivity index is 1.98. The van der Waals surface area contributed by atoms with E-state index in [1.807, 2.05) is 12.3 Å². The quantitative estimate of drug-likeness (QED) is 0.859. The first kappa shape index (κ1) is 16.9. The predicted molar refractivity (Wildman–Crippen MR) is 95.3 cm³/mol. The third-order valence-electron chi connectivity index (χ3n) is 4.55. The summed E-state index contributed by atoms with van der Waals surface area (Å²) in [6.07, 6.45) is 5.72. The van der Waals surface area contributed by atoms with Crippen LogP contribution in [0.4, 0.5) is 10.2 Å². The van der Waals surface area contributed by atoms with Gasteiger partial charge in [-0.3, -0.25) is 4.72 Å². The van der Waals surface area contributed by atoms with Gasteiger partial charge in [-0.15, -0.1) is 0 Å². The van der Waals surface area contributed by atoms with Gasteiger partial charge in [-0.1, -0.05) is 18.9 Å². The minimum absolute atomic E-state index is 0.0300. The fourth-order valence-electron chi connectivity index (χ4n) is 3.29. The van der Waals surface area contributed by atoms with Gasteiger partial charge in [-0.25, -0.2) is 14.4 Å². The zero-order chi connectivity index (χ0) is 17.2. The van der Waals surface area contributed by atoms with E-state index in [2.05, 4.69) is 26.5 Å². The average Bonchev–Trinajstić information content (AvgIpc) is 2.59. The molecule has 5 nitrogen and oxygen atoms in total. The molecule has 1 aromatic heterocycles. The third-order valence-corrected chi connectivity index (χ3v) is 4.98. The lowest BCUT2D eigenvalue weighted by Gasteiger charge is -2.41. The molecule has 1 saturated heterocycles. The second kappa shape index (κ2) is 6.91. The first-order chi connectivity index (χ1) is 11.6. The lowest BCUT2D eigenvalue weighted by Crippen LogP contribution is -2.46. The summed E-state index contributed by atoms with van der Waals surface area (Å²) in [5, 5.41) is 9.84. The summed E-state index contributed by atoms with van der Waals surface area (Å²) in [6, 6.07) is 4.78. The molecule has 1 aliphatic heterocycles. The third kappa shape index (κ3) is 3.30. The van der Waals surface area contributed by atoms with E-state index in [0.29, 0.717) is 5.52 Å². The Morgan fingerprint density at radius 2 is 2.29 bits per heavy atom. The summed E-state index contributed by atoms with van der Waals surface area (Å²) >= 11 is 1.63. The maximum atomic E-state index is 13.8. The van der Waals surface area contributed by atoms with Crippen LogP contribution in [0.2, 0.25) is 0 Å². The Morgan fingerprint density at radius 3 is 3.04 bits per heavy atom. The summed E-state index contributed by atoms with van der Waals surface area (Å²) in [6.45, 7) is 4.96. The van der Waals surface area contributed by atoms with Gasteiger partial charge in [0.2, 0.25) is 0 Å². The number of nitrogens with one attached hydrogen (secondary N) is 1. The number of piperidine rings is 1. The zero-order valence-electron chi connectivity index (χ0n) is 13.8. The van der Waals surface area contributed by atoms with Crippen LogP contribution in [0, 0.1) is 22.6 Å². The van der Waals surface area contributed by atoms with E-state index in [0.717, 1.165) is 43.7 Å². The number of anilines is 1. The van der Waals surface area contributed by atoms with Crippen molar-refractivity contribution in [1.29, 1.82) is 5.26 Å². The number of hydrogen-bond donors (Lipinski definition) is 1. The van der Waals surface area contributed by atoms with Gasteiger partial charge in [0.1, 0.15) is 24.0 Å². The van der Waals surface area contributed by atoms with Crippen molar-refractivity contribution in [2.45, 2.75) is 19.8 Å². The predicted octanol–water partition coefficient (Wildman–Crippen LogP) is 3.11. The average molecular weight is 345 g/mol. The monoisotopic (exact) mass is 345 g/mol. The lowest BCUT2D eigenvalue weighted by molar-refractivity contribution is 0.265. The molecule has 1 unspecified atom stereocenters. The van der Waals surface area contributed by atoms with E-state index >= 15 is 0 Å². The van der Waals surface area contributed by atoms with Gasteiger partial charge in [0.05, 0.1) is 11.1 Å². The van der Waals surface area contributed by atoms with Crippen molar-refractivity contribution in [3.05, 3.63) is 29.8 Å². The van der Waals surface area contributed by atoms with Gasteiger partial charge < -0.3 is 4.90 Å². The van der Waals surface area contributed by atoms with Crippen molar-refractivity contribution in [2.75, 3.05) is 30.8 Å². The molecule has 0 spiro atoms. The number of benzene rings is 1. The highest BCUT2D eigenvalue weighted by molar-refractivity contribution is 7.96. The minimum Gasteiger partial charge on any atom is -0.355 e. The largest absolute Gasteiger partial charge is 0.355 e. The van der Waals surface area contributed by atoms with Crippen LogP contribution in [0.15, 0.2) is 18.5 Å². The van der Waals surface area contributed by atoms with Crippen LogP contribution in [0.1, 0.15) is 25.3 Å². The van der Waals surface area contributed by atoms with E-state index in [-0.39, 0.29) is 11.0 Å². The number of fused-ring (bicyclic) bond motifs is 1. The van der Waals surface area contributed by atoms with Gasteiger partial charge >= 0.3 is 0 Å². The fourth-order valence-corrected chi connectivity index (χ4v) is 3.78. The van der Waals surface area contributed by atoms with Gasteiger partial charge in [0.15, 0.2) is 0 Å². The number of hydrogen-bond acceptors (Lipinski definition) is 6.